The minimum absolute atomic E-state index is 0.267. The normalized spacial score (nSPS) is 23.3. The summed E-state index contributed by atoms with van der Waals surface area (Å²) in [6, 6.07) is 2.53. The minimum atomic E-state index is 0.267. The van der Waals surface area contributed by atoms with Crippen molar-refractivity contribution in [3.05, 3.63) is 22.3 Å². The van der Waals surface area contributed by atoms with Gasteiger partial charge in [-0.15, -0.1) is 0 Å². The molecular weight excluding hydrogens is 294 g/mol. The van der Waals surface area contributed by atoms with Gasteiger partial charge in [0.2, 0.25) is 0 Å². The number of halogens is 1. The third kappa shape index (κ3) is 2.84. The molecule has 0 saturated carbocycles. The predicted molar refractivity (Wildman–Crippen MR) is 76.9 cm³/mol. The van der Waals surface area contributed by atoms with Crippen LogP contribution in [0, 0.1) is 0 Å². The first kappa shape index (κ1) is 13.8. The second kappa shape index (κ2) is 5.99. The maximum absolute atomic E-state index is 5.64. The fourth-order valence-electron chi connectivity index (χ4n) is 2.50. The van der Waals surface area contributed by atoms with Gasteiger partial charge in [0.25, 0.3) is 0 Å². The first-order valence-electron chi connectivity index (χ1n) is 6.27. The van der Waals surface area contributed by atoms with Gasteiger partial charge in [-0.3, -0.25) is 0 Å². The Kier molecular flexibility index (Phi) is 4.59. The molecule has 2 unspecified atom stereocenters. The van der Waals surface area contributed by atoms with Gasteiger partial charge < -0.3 is 15.0 Å². The van der Waals surface area contributed by atoms with Crippen molar-refractivity contribution in [2.75, 3.05) is 25.6 Å². The Morgan fingerprint density at radius 1 is 1.61 bits per heavy atom. The molecule has 1 fully saturated rings. The Hall–Kier alpha value is -0.650. The molecule has 2 atom stereocenters. The molecule has 1 N–H and O–H groups in total. The zero-order valence-electron chi connectivity index (χ0n) is 11.1. The van der Waals surface area contributed by atoms with Gasteiger partial charge in [0.15, 0.2) is 0 Å². The largest absolute Gasteiger partial charge is 0.376 e. The van der Waals surface area contributed by atoms with Gasteiger partial charge in [-0.1, -0.05) is 0 Å². The molecule has 0 radical (unpaired) electrons. The Labute approximate surface area is 117 Å². The highest BCUT2D eigenvalue weighted by Gasteiger charge is 2.29. The number of nitrogens with one attached hydrogen (secondary N) is 1. The Bertz CT molecular complexity index is 413. The third-order valence-corrected chi connectivity index (χ3v) is 3.88. The average Bonchev–Trinajstić information content (AvgIpc) is 2.75. The summed E-state index contributed by atoms with van der Waals surface area (Å²) in [5, 5.41) is 3.19. The summed E-state index contributed by atoms with van der Waals surface area (Å²) in [6.45, 7) is 3.78. The number of ether oxygens (including phenoxy) is 1. The van der Waals surface area contributed by atoms with Crippen molar-refractivity contribution in [3.63, 3.8) is 0 Å². The van der Waals surface area contributed by atoms with Gasteiger partial charge in [-0.25, -0.2) is 4.98 Å². The van der Waals surface area contributed by atoms with E-state index in [1.165, 1.54) is 5.56 Å². The van der Waals surface area contributed by atoms with Gasteiger partial charge in [0, 0.05) is 36.4 Å². The van der Waals surface area contributed by atoms with E-state index in [1.807, 2.05) is 13.2 Å². The van der Waals surface area contributed by atoms with Crippen LogP contribution in [0.15, 0.2) is 16.7 Å². The molecule has 100 valence electrons. The fourth-order valence-corrected chi connectivity index (χ4v) is 2.88. The summed E-state index contributed by atoms with van der Waals surface area (Å²) in [5.74, 6) is 1.04. The number of rotatable bonds is 4. The number of aromatic nitrogens is 1. The lowest BCUT2D eigenvalue weighted by atomic mass is 10.1. The molecule has 0 aliphatic carbocycles. The zero-order valence-corrected chi connectivity index (χ0v) is 12.7. The van der Waals surface area contributed by atoms with Crippen molar-refractivity contribution in [3.8, 4) is 0 Å². The summed E-state index contributed by atoms with van der Waals surface area (Å²) >= 11 is 3.48. The molecule has 2 rings (SSSR count). The van der Waals surface area contributed by atoms with Gasteiger partial charge in [-0.05, 0) is 42.4 Å². The average molecular weight is 314 g/mol. The number of likely N-dealkylation sites (N-methyl/N-ethyl adjacent to an activating group) is 1. The number of pyridine rings is 1. The van der Waals surface area contributed by atoms with E-state index in [4.69, 9.17) is 4.74 Å². The maximum Gasteiger partial charge on any atom is 0.133 e. The van der Waals surface area contributed by atoms with E-state index in [-0.39, 0.29) is 6.10 Å². The van der Waals surface area contributed by atoms with Crippen molar-refractivity contribution in [1.29, 1.82) is 0 Å². The van der Waals surface area contributed by atoms with Crippen LogP contribution < -0.4 is 10.2 Å². The summed E-state index contributed by atoms with van der Waals surface area (Å²) in [5.41, 5.74) is 1.20. The molecule has 0 amide bonds. The molecule has 0 bridgehead atoms. The number of hydrogen-bond donors (Lipinski definition) is 1. The lowest BCUT2D eigenvalue weighted by Crippen LogP contribution is -2.38. The van der Waals surface area contributed by atoms with Gasteiger partial charge in [-0.2, -0.15) is 0 Å². The van der Waals surface area contributed by atoms with E-state index in [2.05, 4.69) is 51.2 Å². The quantitative estimate of drug-likeness (QED) is 0.924. The summed E-state index contributed by atoms with van der Waals surface area (Å²) in [7, 11) is 4.05. The fraction of sp³-hybridized carbons (Fsp3) is 0.615. The smallest absolute Gasteiger partial charge is 0.133 e. The number of anilines is 1. The predicted octanol–water partition coefficient (Wildman–Crippen LogP) is 2.18. The first-order valence-corrected chi connectivity index (χ1v) is 7.06. The molecule has 4 nitrogen and oxygen atoms in total. The summed E-state index contributed by atoms with van der Waals surface area (Å²) in [6.07, 6.45) is 3.18. The Morgan fingerprint density at radius 2 is 2.39 bits per heavy atom. The van der Waals surface area contributed by atoms with E-state index in [9.17, 15) is 0 Å². The second-order valence-electron chi connectivity index (χ2n) is 4.71. The highest BCUT2D eigenvalue weighted by molar-refractivity contribution is 9.10. The van der Waals surface area contributed by atoms with E-state index in [1.54, 1.807) is 0 Å². The molecule has 0 aromatic carbocycles. The molecular formula is C13H20BrN3O. The van der Waals surface area contributed by atoms with Crippen molar-refractivity contribution in [2.45, 2.75) is 32.0 Å². The van der Waals surface area contributed by atoms with Gasteiger partial charge in [0.05, 0.1) is 12.1 Å². The van der Waals surface area contributed by atoms with Crippen LogP contribution in [0.5, 0.6) is 0 Å². The van der Waals surface area contributed by atoms with Crippen LogP contribution in [0.1, 0.15) is 18.9 Å². The maximum atomic E-state index is 5.64. The third-order valence-electron chi connectivity index (χ3n) is 3.44. The monoisotopic (exact) mass is 313 g/mol. The van der Waals surface area contributed by atoms with Gasteiger partial charge in [0.1, 0.15) is 5.82 Å². The van der Waals surface area contributed by atoms with Crippen molar-refractivity contribution in [1.82, 2.24) is 10.3 Å². The zero-order chi connectivity index (χ0) is 13.1. The Morgan fingerprint density at radius 3 is 3.00 bits per heavy atom. The molecule has 1 aromatic rings. The number of hydrogen-bond acceptors (Lipinski definition) is 4. The standard InChI is InChI=1S/C13H20BrN3O/c1-9-12(4-5-18-9)17(3)13-10(7-15-2)6-11(14)8-16-13/h6,8-9,12,15H,4-5,7H2,1-3H3. The van der Waals surface area contributed by atoms with E-state index in [0.29, 0.717) is 6.04 Å². The van der Waals surface area contributed by atoms with Crippen molar-refractivity contribution < 1.29 is 4.74 Å². The minimum Gasteiger partial charge on any atom is -0.376 e. The van der Waals surface area contributed by atoms with Crippen molar-refractivity contribution >= 4 is 21.7 Å². The molecule has 1 aliphatic heterocycles. The molecule has 0 spiro atoms. The summed E-state index contributed by atoms with van der Waals surface area (Å²) in [4.78, 5) is 6.81. The Balaban J connectivity index is 2.25. The number of nitrogens with zero attached hydrogens (tertiary/aromatic N) is 2. The summed E-state index contributed by atoms with van der Waals surface area (Å²) < 4.78 is 6.65. The van der Waals surface area contributed by atoms with E-state index in [0.717, 1.165) is 29.9 Å². The first-order chi connectivity index (χ1) is 8.63. The van der Waals surface area contributed by atoms with Crippen LogP contribution in [0.4, 0.5) is 5.82 Å². The second-order valence-corrected chi connectivity index (χ2v) is 5.63. The molecule has 2 heterocycles. The van der Waals surface area contributed by atoms with Crippen LogP contribution in [0.25, 0.3) is 0 Å². The molecule has 1 saturated heterocycles. The molecule has 5 heteroatoms. The van der Waals surface area contributed by atoms with Crippen molar-refractivity contribution in [2.24, 2.45) is 0 Å². The topological polar surface area (TPSA) is 37.4 Å². The highest BCUT2D eigenvalue weighted by atomic mass is 79.9. The molecule has 1 aromatic heterocycles. The molecule has 1 aliphatic rings. The van der Waals surface area contributed by atoms with Gasteiger partial charge >= 0.3 is 0 Å². The lowest BCUT2D eigenvalue weighted by molar-refractivity contribution is 0.118. The van der Waals surface area contributed by atoms with Crippen LogP contribution in [0.3, 0.4) is 0 Å². The van der Waals surface area contributed by atoms with Crippen LogP contribution in [-0.4, -0.2) is 37.8 Å². The van der Waals surface area contributed by atoms with Crippen LogP contribution in [0.2, 0.25) is 0 Å². The SMILES string of the molecule is CNCc1cc(Br)cnc1N(C)C1CCOC1C. The highest BCUT2D eigenvalue weighted by Crippen LogP contribution is 2.27. The molecule has 18 heavy (non-hydrogen) atoms. The van der Waals surface area contributed by atoms with Crippen LogP contribution in [-0.2, 0) is 11.3 Å². The van der Waals surface area contributed by atoms with E-state index >= 15 is 0 Å². The van der Waals surface area contributed by atoms with Crippen LogP contribution >= 0.6 is 15.9 Å². The van der Waals surface area contributed by atoms with E-state index < -0.39 is 0 Å². The lowest BCUT2D eigenvalue weighted by Gasteiger charge is -2.29.